The number of benzene rings is 10. The minimum atomic E-state index is 0.667. The topological polar surface area (TPSA) is 30.7 Å². The van der Waals surface area contributed by atoms with Gasteiger partial charge in [-0.15, -0.1) is 0 Å². The summed E-state index contributed by atoms with van der Waals surface area (Å²) in [7, 11) is 0. The van der Waals surface area contributed by atoms with Crippen LogP contribution in [0.5, 0.6) is 0 Å². The average molecular weight is 932 g/mol. The first-order valence-electron chi connectivity index (χ1n) is 25.2. The quantitative estimate of drug-likeness (QED) is 0.137. The number of rotatable bonds is 10. The Kier molecular flexibility index (Phi) is 11.4. The Morgan fingerprint density at radius 1 is 0.315 bits per heavy atom. The van der Waals surface area contributed by atoms with E-state index in [0.29, 0.717) is 5.82 Å². The highest BCUT2D eigenvalue weighted by molar-refractivity contribution is 6.21. The van der Waals surface area contributed by atoms with Crippen LogP contribution in [0.3, 0.4) is 0 Å². The standard InChI is InChI=1S/C70H49N3/c1-9-25-48(26-10-1)57-41-43-59-60-44-42-58(49-27-11-2-12-28-49)66(55-39-23-8-24-40-55)69(60)73(68(59)65(57)54-37-21-7-22-38-54)67-61(50-29-13-3-14-30-50)45-56(46-62(67)51-31-15-4-16-32-51)70-71-63(52-33-17-5-18-34-52)47-64(72-70)53-35-19-6-20-36-53/h1-3,5-15,17-47H,4,16H2. The fraction of sp³-hybridized carbons (Fsp3) is 0.0286. The average Bonchev–Trinajstić information content (AvgIpc) is 3.82. The van der Waals surface area contributed by atoms with Crippen LogP contribution >= 0.6 is 0 Å². The molecule has 0 saturated carbocycles. The molecule has 2 aromatic heterocycles. The van der Waals surface area contributed by atoms with Gasteiger partial charge >= 0.3 is 0 Å². The van der Waals surface area contributed by atoms with Crippen molar-refractivity contribution in [2.24, 2.45) is 0 Å². The molecule has 1 aliphatic carbocycles. The zero-order chi connectivity index (χ0) is 48.5. The van der Waals surface area contributed by atoms with E-state index in [4.69, 9.17) is 9.97 Å². The highest BCUT2D eigenvalue weighted by Crippen LogP contribution is 2.51. The van der Waals surface area contributed by atoms with E-state index in [2.05, 4.69) is 278 Å². The molecule has 10 aromatic carbocycles. The molecule has 3 heteroatoms. The Morgan fingerprint density at radius 2 is 0.699 bits per heavy atom. The molecule has 0 saturated heterocycles. The molecule has 0 aliphatic heterocycles. The van der Waals surface area contributed by atoms with Gasteiger partial charge in [0, 0.05) is 49.7 Å². The lowest BCUT2D eigenvalue weighted by atomic mass is 9.89. The molecule has 0 unspecified atom stereocenters. The van der Waals surface area contributed by atoms with Gasteiger partial charge in [-0.3, -0.25) is 0 Å². The lowest BCUT2D eigenvalue weighted by molar-refractivity contribution is 1.04. The van der Waals surface area contributed by atoms with Crippen LogP contribution in [0.2, 0.25) is 0 Å². The molecule has 0 fully saturated rings. The minimum Gasteiger partial charge on any atom is -0.307 e. The van der Waals surface area contributed by atoms with Crippen LogP contribution in [-0.2, 0) is 0 Å². The third-order valence-electron chi connectivity index (χ3n) is 14.2. The number of fused-ring (bicyclic) bond motifs is 3. The highest BCUT2D eigenvalue weighted by atomic mass is 15.0. The number of hydrogen-bond acceptors (Lipinski definition) is 2. The summed E-state index contributed by atoms with van der Waals surface area (Å²) in [6, 6.07) is 91.9. The summed E-state index contributed by atoms with van der Waals surface area (Å²) in [6.45, 7) is 0. The van der Waals surface area contributed by atoms with Crippen molar-refractivity contribution in [1.82, 2.24) is 14.5 Å². The second kappa shape index (κ2) is 19.0. The first-order valence-corrected chi connectivity index (χ1v) is 25.2. The summed E-state index contributed by atoms with van der Waals surface area (Å²) in [5.41, 5.74) is 21.9. The van der Waals surface area contributed by atoms with Crippen LogP contribution in [0.15, 0.2) is 273 Å². The molecule has 0 amide bonds. The largest absolute Gasteiger partial charge is 0.307 e. The molecule has 1 aliphatic rings. The molecule has 0 N–H and O–H groups in total. The molecule has 3 nitrogen and oxygen atoms in total. The van der Waals surface area contributed by atoms with Gasteiger partial charge in [0.25, 0.3) is 0 Å². The van der Waals surface area contributed by atoms with Crippen molar-refractivity contribution in [3.63, 3.8) is 0 Å². The summed E-state index contributed by atoms with van der Waals surface area (Å²) >= 11 is 0. The molecule has 0 spiro atoms. The van der Waals surface area contributed by atoms with E-state index in [0.717, 1.165) is 96.6 Å². The van der Waals surface area contributed by atoms with Crippen molar-refractivity contribution in [3.05, 3.63) is 279 Å². The van der Waals surface area contributed by atoms with Crippen LogP contribution in [-0.4, -0.2) is 14.5 Å². The molecule has 13 rings (SSSR count). The van der Waals surface area contributed by atoms with Gasteiger partial charge in [-0.05, 0) is 75.6 Å². The fourth-order valence-electron chi connectivity index (χ4n) is 10.9. The fourth-order valence-corrected chi connectivity index (χ4v) is 10.9. The zero-order valence-electron chi connectivity index (χ0n) is 40.2. The maximum Gasteiger partial charge on any atom is 0.160 e. The second-order valence-corrected chi connectivity index (χ2v) is 18.7. The van der Waals surface area contributed by atoms with Gasteiger partial charge in [0.1, 0.15) is 0 Å². The Balaban J connectivity index is 1.25. The molecule has 344 valence electrons. The van der Waals surface area contributed by atoms with Crippen molar-refractivity contribution < 1.29 is 0 Å². The summed E-state index contributed by atoms with van der Waals surface area (Å²) in [5, 5.41) is 2.36. The van der Waals surface area contributed by atoms with E-state index in [1.807, 2.05) is 0 Å². The van der Waals surface area contributed by atoms with Gasteiger partial charge in [0.2, 0.25) is 0 Å². The third kappa shape index (κ3) is 8.08. The van der Waals surface area contributed by atoms with E-state index in [-0.39, 0.29) is 0 Å². The summed E-state index contributed by atoms with van der Waals surface area (Å²) in [4.78, 5) is 10.9. The molecule has 2 heterocycles. The molecule has 0 radical (unpaired) electrons. The van der Waals surface area contributed by atoms with Gasteiger partial charge in [0.05, 0.1) is 28.1 Å². The Morgan fingerprint density at radius 3 is 1.11 bits per heavy atom. The zero-order valence-corrected chi connectivity index (χ0v) is 40.2. The summed E-state index contributed by atoms with van der Waals surface area (Å²) < 4.78 is 2.65. The predicted octanol–water partition coefficient (Wildman–Crippen LogP) is 18.6. The molecule has 12 aromatic rings. The lowest BCUT2D eigenvalue weighted by Gasteiger charge is -2.25. The number of nitrogens with zero attached hydrogens (tertiary/aromatic N) is 3. The van der Waals surface area contributed by atoms with E-state index >= 15 is 0 Å². The van der Waals surface area contributed by atoms with E-state index in [1.54, 1.807) is 0 Å². The van der Waals surface area contributed by atoms with Gasteiger partial charge < -0.3 is 4.57 Å². The Bertz CT molecular complexity index is 3810. The van der Waals surface area contributed by atoms with Crippen molar-refractivity contribution in [2.45, 2.75) is 12.8 Å². The van der Waals surface area contributed by atoms with Crippen molar-refractivity contribution in [2.75, 3.05) is 0 Å². The van der Waals surface area contributed by atoms with Crippen LogP contribution in [0.25, 0.3) is 123 Å². The lowest BCUT2D eigenvalue weighted by Crippen LogP contribution is -2.07. The van der Waals surface area contributed by atoms with Gasteiger partial charge in [-0.25, -0.2) is 9.97 Å². The van der Waals surface area contributed by atoms with Crippen molar-refractivity contribution >= 4 is 27.4 Å². The van der Waals surface area contributed by atoms with Crippen LogP contribution in [0.1, 0.15) is 18.4 Å². The van der Waals surface area contributed by atoms with Crippen LogP contribution in [0, 0.1) is 0 Å². The maximum absolute atomic E-state index is 5.46. The molecular formula is C70H49N3. The summed E-state index contributed by atoms with van der Waals surface area (Å²) in [5.74, 6) is 0.667. The smallest absolute Gasteiger partial charge is 0.160 e. The monoisotopic (exact) mass is 931 g/mol. The van der Waals surface area contributed by atoms with Crippen molar-refractivity contribution in [3.8, 4) is 95.2 Å². The van der Waals surface area contributed by atoms with Gasteiger partial charge in [0.15, 0.2) is 5.82 Å². The van der Waals surface area contributed by atoms with E-state index < -0.39 is 0 Å². The SMILES string of the molecule is C1=CC(c2cc(-c3nc(-c4ccccc4)cc(-c4ccccc4)n3)cc(-c3ccccc3)c2-n2c3c(-c4ccccc4)c(-c4ccccc4)ccc3c3ccc(-c4ccccc4)c(-c4ccccc4)c32)=CCC1. The number of allylic oxidation sites excluding steroid dienone is 4. The second-order valence-electron chi connectivity index (χ2n) is 18.7. The summed E-state index contributed by atoms with van der Waals surface area (Å²) in [6.07, 6.45) is 8.99. The van der Waals surface area contributed by atoms with E-state index in [9.17, 15) is 0 Å². The normalized spacial score (nSPS) is 12.3. The number of aromatic nitrogens is 3. The van der Waals surface area contributed by atoms with Gasteiger partial charge in [-0.1, -0.05) is 255 Å². The number of hydrogen-bond donors (Lipinski definition) is 0. The van der Waals surface area contributed by atoms with Crippen LogP contribution in [0.4, 0.5) is 0 Å². The minimum absolute atomic E-state index is 0.667. The molecule has 73 heavy (non-hydrogen) atoms. The highest BCUT2D eigenvalue weighted by Gasteiger charge is 2.29. The Labute approximate surface area is 426 Å². The molecule has 0 bridgehead atoms. The third-order valence-corrected chi connectivity index (χ3v) is 14.2. The predicted molar refractivity (Wildman–Crippen MR) is 306 cm³/mol. The van der Waals surface area contributed by atoms with Gasteiger partial charge in [-0.2, -0.15) is 0 Å². The molecule has 0 atom stereocenters. The van der Waals surface area contributed by atoms with E-state index in [1.165, 1.54) is 38.6 Å². The maximum atomic E-state index is 5.46. The van der Waals surface area contributed by atoms with Crippen LogP contribution < -0.4 is 0 Å². The first-order chi connectivity index (χ1) is 36.2. The Hall–Kier alpha value is -9.44. The van der Waals surface area contributed by atoms with Crippen molar-refractivity contribution in [1.29, 1.82) is 0 Å². The first kappa shape index (κ1) is 43.6. The molecular weight excluding hydrogens is 883 g/mol.